The van der Waals surface area contributed by atoms with Crippen LogP contribution in [0, 0.1) is 10.1 Å². The van der Waals surface area contributed by atoms with E-state index in [1.807, 2.05) is 0 Å². The predicted octanol–water partition coefficient (Wildman–Crippen LogP) is 2.08. The third-order valence-corrected chi connectivity index (χ3v) is 3.72. The highest BCUT2D eigenvalue weighted by Crippen LogP contribution is 2.20. The zero-order valence-corrected chi connectivity index (χ0v) is 12.8. The highest BCUT2D eigenvalue weighted by Gasteiger charge is 2.10. The second-order valence-corrected chi connectivity index (χ2v) is 5.25. The lowest BCUT2D eigenvalue weighted by Gasteiger charge is -1.93. The van der Waals surface area contributed by atoms with Gasteiger partial charge in [-0.2, -0.15) is 0 Å². The summed E-state index contributed by atoms with van der Waals surface area (Å²) in [6.45, 7) is 0. The van der Waals surface area contributed by atoms with E-state index in [1.54, 1.807) is 11.4 Å². The number of hydrogen-bond acceptors (Lipinski definition) is 7. The smallest absolute Gasteiger partial charge is 0.356 e. The Morgan fingerprint density at radius 1 is 1.17 bits per heavy atom. The van der Waals surface area contributed by atoms with Crippen LogP contribution in [0.4, 0.5) is 5.69 Å². The number of benzene rings is 1. The molecule has 0 aliphatic rings. The Kier molecular flexibility index (Phi) is 5.12. The molecule has 3 aromatic rings. The Labute approximate surface area is 138 Å². The van der Waals surface area contributed by atoms with E-state index in [9.17, 15) is 19.7 Å². The van der Waals surface area contributed by atoms with E-state index in [1.165, 1.54) is 41.9 Å². The first-order valence-electron chi connectivity index (χ1n) is 6.36. The number of nitrogens with two attached hydrogens (primary N) is 1. The van der Waals surface area contributed by atoms with Gasteiger partial charge in [-0.15, -0.1) is 11.3 Å². The number of carboxylic acids is 1. The summed E-state index contributed by atoms with van der Waals surface area (Å²) < 4.78 is 0.630. The Morgan fingerprint density at radius 3 is 2.38 bits per heavy atom. The van der Waals surface area contributed by atoms with Crippen molar-refractivity contribution in [3.63, 3.8) is 0 Å². The maximum Gasteiger partial charge on any atom is 0.356 e. The molecule has 0 atom stereocenters. The van der Waals surface area contributed by atoms with Gasteiger partial charge in [-0.1, -0.05) is 0 Å². The molecular formula is C14H10N4O5S. The van der Waals surface area contributed by atoms with Crippen LogP contribution in [-0.4, -0.2) is 31.9 Å². The lowest BCUT2D eigenvalue weighted by molar-refractivity contribution is -0.384. The molecule has 1 amide bonds. The third-order valence-electron chi connectivity index (χ3n) is 2.81. The van der Waals surface area contributed by atoms with Crippen LogP contribution in [0.3, 0.4) is 0 Å². The molecule has 2 heterocycles. The van der Waals surface area contributed by atoms with Crippen molar-refractivity contribution in [3.05, 3.63) is 63.4 Å². The number of primary amides is 1. The number of amides is 1. The second-order valence-electron chi connectivity index (χ2n) is 4.33. The van der Waals surface area contributed by atoms with E-state index < -0.39 is 16.8 Å². The molecule has 3 rings (SSSR count). The second kappa shape index (κ2) is 7.24. The standard InChI is InChI=1S/C7H6N2O3.C7H4N2O2S/c8-7(10)5-1-3-6(4-2-5)9(11)12;10-7(11)5-6-4(1-2-12-6)8-3-9-5/h1-4H,(H2,8,10);1-3H,(H,10,11). The normalized spacial score (nSPS) is 9.83. The summed E-state index contributed by atoms with van der Waals surface area (Å²) in [7, 11) is 0. The fraction of sp³-hybridized carbons (Fsp3) is 0. The number of nitro groups is 1. The van der Waals surface area contributed by atoms with E-state index in [0.29, 0.717) is 10.2 Å². The predicted molar refractivity (Wildman–Crippen MR) is 86.0 cm³/mol. The number of carbonyl (C=O) groups excluding carboxylic acids is 1. The summed E-state index contributed by atoms with van der Waals surface area (Å²) in [5.74, 6) is -1.60. The van der Waals surface area contributed by atoms with Crippen molar-refractivity contribution in [2.45, 2.75) is 0 Å². The summed E-state index contributed by atoms with van der Waals surface area (Å²) in [6, 6.07) is 6.88. The molecule has 0 unspecified atom stereocenters. The Bertz CT molecular complexity index is 874. The van der Waals surface area contributed by atoms with Gasteiger partial charge in [0.2, 0.25) is 5.91 Å². The zero-order chi connectivity index (χ0) is 17.7. The number of non-ortho nitro benzene ring substituents is 1. The SMILES string of the molecule is NC(=O)c1ccc([N+](=O)[O-])cc1.O=C(O)c1ncnc2ccsc12. The van der Waals surface area contributed by atoms with Gasteiger partial charge in [-0.25, -0.2) is 14.8 Å². The van der Waals surface area contributed by atoms with Crippen LogP contribution in [0.15, 0.2) is 42.0 Å². The highest BCUT2D eigenvalue weighted by atomic mass is 32.1. The van der Waals surface area contributed by atoms with Gasteiger partial charge in [0.05, 0.1) is 15.1 Å². The summed E-state index contributed by atoms with van der Waals surface area (Å²) in [5.41, 5.74) is 5.91. The first-order chi connectivity index (χ1) is 11.4. The van der Waals surface area contributed by atoms with Crippen LogP contribution in [0.25, 0.3) is 10.2 Å². The highest BCUT2D eigenvalue weighted by molar-refractivity contribution is 7.17. The zero-order valence-electron chi connectivity index (χ0n) is 11.9. The van der Waals surface area contributed by atoms with Crippen molar-refractivity contribution >= 4 is 39.1 Å². The topological polar surface area (TPSA) is 149 Å². The number of carbonyl (C=O) groups is 2. The number of fused-ring (bicyclic) bond motifs is 1. The minimum Gasteiger partial charge on any atom is -0.476 e. The van der Waals surface area contributed by atoms with Crippen molar-refractivity contribution in [1.82, 2.24) is 9.97 Å². The molecule has 3 N–H and O–H groups in total. The number of carboxylic acid groups (broad SMARTS) is 1. The summed E-state index contributed by atoms with van der Waals surface area (Å²) in [4.78, 5) is 38.4. The van der Waals surface area contributed by atoms with Gasteiger partial charge in [-0.3, -0.25) is 14.9 Å². The van der Waals surface area contributed by atoms with Crippen LogP contribution in [0.1, 0.15) is 20.8 Å². The summed E-state index contributed by atoms with van der Waals surface area (Å²) in [6.07, 6.45) is 1.26. The Hall–Kier alpha value is -3.40. The maximum absolute atomic E-state index is 10.6. The molecule has 2 aromatic heterocycles. The van der Waals surface area contributed by atoms with E-state index in [0.717, 1.165) is 0 Å². The van der Waals surface area contributed by atoms with Gasteiger partial charge in [0.1, 0.15) is 6.33 Å². The fourth-order valence-corrected chi connectivity index (χ4v) is 2.51. The summed E-state index contributed by atoms with van der Waals surface area (Å²) in [5, 5.41) is 20.7. The number of hydrogen-bond donors (Lipinski definition) is 2. The molecular weight excluding hydrogens is 336 g/mol. The lowest BCUT2D eigenvalue weighted by Crippen LogP contribution is -2.10. The van der Waals surface area contributed by atoms with Crippen molar-refractivity contribution < 1.29 is 19.6 Å². The van der Waals surface area contributed by atoms with Gasteiger partial charge in [0.15, 0.2) is 5.69 Å². The van der Waals surface area contributed by atoms with Gasteiger partial charge < -0.3 is 10.8 Å². The van der Waals surface area contributed by atoms with Crippen molar-refractivity contribution in [3.8, 4) is 0 Å². The summed E-state index contributed by atoms with van der Waals surface area (Å²) >= 11 is 1.34. The number of rotatable bonds is 3. The van der Waals surface area contributed by atoms with E-state index in [-0.39, 0.29) is 16.9 Å². The minimum absolute atomic E-state index is 0.0556. The molecule has 0 radical (unpaired) electrons. The molecule has 9 nitrogen and oxygen atoms in total. The first-order valence-corrected chi connectivity index (χ1v) is 7.24. The van der Waals surface area contributed by atoms with Gasteiger partial charge in [0.25, 0.3) is 5.69 Å². The molecule has 0 bridgehead atoms. The number of nitrogens with zero attached hydrogens (tertiary/aromatic N) is 3. The van der Waals surface area contributed by atoms with E-state index in [2.05, 4.69) is 9.97 Å². The molecule has 0 spiro atoms. The number of nitro benzene ring substituents is 1. The molecule has 0 saturated carbocycles. The minimum atomic E-state index is -1.01. The monoisotopic (exact) mass is 346 g/mol. The van der Waals surface area contributed by atoms with Crippen LogP contribution in [0.5, 0.6) is 0 Å². The average Bonchev–Trinajstić information content (AvgIpc) is 3.03. The van der Waals surface area contributed by atoms with Gasteiger partial charge in [0, 0.05) is 17.7 Å². The van der Waals surface area contributed by atoms with Crippen LogP contribution in [-0.2, 0) is 0 Å². The molecule has 24 heavy (non-hydrogen) atoms. The number of thiophene rings is 1. The van der Waals surface area contributed by atoms with Crippen LogP contribution >= 0.6 is 11.3 Å². The Balaban J connectivity index is 0.000000174. The molecule has 122 valence electrons. The van der Waals surface area contributed by atoms with E-state index in [4.69, 9.17) is 10.8 Å². The quantitative estimate of drug-likeness (QED) is 0.544. The first kappa shape index (κ1) is 17.0. The number of aromatic carboxylic acids is 1. The molecule has 1 aromatic carbocycles. The molecule has 0 aliphatic heterocycles. The maximum atomic E-state index is 10.6. The third kappa shape index (κ3) is 3.87. The van der Waals surface area contributed by atoms with Crippen molar-refractivity contribution in [1.29, 1.82) is 0 Å². The Morgan fingerprint density at radius 2 is 1.83 bits per heavy atom. The molecule has 0 saturated heterocycles. The fourth-order valence-electron chi connectivity index (χ4n) is 1.69. The van der Waals surface area contributed by atoms with Crippen molar-refractivity contribution in [2.75, 3.05) is 0 Å². The lowest BCUT2D eigenvalue weighted by atomic mass is 10.2. The average molecular weight is 346 g/mol. The van der Waals surface area contributed by atoms with Gasteiger partial charge in [-0.05, 0) is 23.6 Å². The van der Waals surface area contributed by atoms with Crippen molar-refractivity contribution in [2.24, 2.45) is 5.73 Å². The van der Waals surface area contributed by atoms with Gasteiger partial charge >= 0.3 is 5.97 Å². The molecule has 0 aliphatic carbocycles. The molecule has 0 fully saturated rings. The largest absolute Gasteiger partial charge is 0.476 e. The van der Waals surface area contributed by atoms with Crippen LogP contribution < -0.4 is 5.73 Å². The van der Waals surface area contributed by atoms with E-state index >= 15 is 0 Å². The van der Waals surface area contributed by atoms with Crippen LogP contribution in [0.2, 0.25) is 0 Å². The number of aromatic nitrogens is 2. The molecule has 10 heteroatoms.